The van der Waals surface area contributed by atoms with Crippen LogP contribution in [0.3, 0.4) is 0 Å². The number of amides is 1. The number of para-hydroxylation sites is 1. The number of Topliss-reactive ketones (excluding diaryl/α,β-unsaturated/α-hetero) is 1. The van der Waals surface area contributed by atoms with E-state index >= 15 is 0 Å². The minimum atomic E-state index is -4.02. The molecule has 3 rings (SSSR count). The molecule has 1 amide bonds. The lowest BCUT2D eigenvalue weighted by Crippen LogP contribution is -2.50. The van der Waals surface area contributed by atoms with Crippen LogP contribution in [-0.2, 0) is 11.3 Å². The summed E-state index contributed by atoms with van der Waals surface area (Å²) in [5.74, 6) is -2.15. The van der Waals surface area contributed by atoms with Crippen LogP contribution < -0.4 is 9.64 Å². The number of halogens is 3. The first-order valence-corrected chi connectivity index (χ1v) is 7.86. The monoisotopic (exact) mass is 395 g/mol. The molecular formula is C17H12BrF2NO3. The molecule has 0 bridgehead atoms. The van der Waals surface area contributed by atoms with Gasteiger partial charge in [-0.25, -0.2) is 0 Å². The highest BCUT2D eigenvalue weighted by atomic mass is 79.9. The lowest BCUT2D eigenvalue weighted by atomic mass is 10.1. The minimum absolute atomic E-state index is 0.0129. The molecule has 0 saturated heterocycles. The molecule has 124 valence electrons. The van der Waals surface area contributed by atoms with Crippen molar-refractivity contribution in [3.8, 4) is 5.75 Å². The average Bonchev–Trinajstić information content (AvgIpc) is 2.51. The third-order valence-electron chi connectivity index (χ3n) is 3.62. The number of carbonyl (C=O) groups is 2. The summed E-state index contributed by atoms with van der Waals surface area (Å²) in [5.41, 5.74) is 0.826. The molecule has 0 aromatic heterocycles. The Morgan fingerprint density at radius 3 is 2.62 bits per heavy atom. The standard InChI is InChI=1S/C17H12BrF2NO3/c1-10(22)13-6-3-7-14-15(13)24-17(19,20)16(23)21(14)9-11-4-2-5-12(18)8-11/h2-8H,9H2,1H3. The van der Waals surface area contributed by atoms with E-state index in [9.17, 15) is 18.4 Å². The first kappa shape index (κ1) is 16.6. The molecule has 0 radical (unpaired) electrons. The number of ether oxygens (including phenoxy) is 1. The summed E-state index contributed by atoms with van der Waals surface area (Å²) >= 11 is 3.31. The first-order chi connectivity index (χ1) is 11.3. The van der Waals surface area contributed by atoms with Gasteiger partial charge in [0.1, 0.15) is 0 Å². The zero-order chi connectivity index (χ0) is 17.5. The van der Waals surface area contributed by atoms with E-state index in [0.717, 1.165) is 9.37 Å². The Kier molecular flexibility index (Phi) is 4.13. The first-order valence-electron chi connectivity index (χ1n) is 7.07. The molecule has 0 unspecified atom stereocenters. The maximum absolute atomic E-state index is 14.0. The quantitative estimate of drug-likeness (QED) is 0.732. The molecule has 0 aliphatic carbocycles. The minimum Gasteiger partial charge on any atom is -0.422 e. The van der Waals surface area contributed by atoms with Crippen molar-refractivity contribution in [2.75, 3.05) is 4.90 Å². The van der Waals surface area contributed by atoms with Crippen LogP contribution in [0.15, 0.2) is 46.9 Å². The molecule has 0 spiro atoms. The van der Waals surface area contributed by atoms with Gasteiger partial charge in [-0.05, 0) is 36.8 Å². The number of hydrogen-bond donors (Lipinski definition) is 0. The van der Waals surface area contributed by atoms with Crippen molar-refractivity contribution in [3.05, 3.63) is 58.1 Å². The predicted molar refractivity (Wildman–Crippen MR) is 87.4 cm³/mol. The highest BCUT2D eigenvalue weighted by Gasteiger charge is 2.51. The summed E-state index contributed by atoms with van der Waals surface area (Å²) in [5, 5.41) is 0. The van der Waals surface area contributed by atoms with Gasteiger partial charge in [-0.15, -0.1) is 0 Å². The smallest absolute Gasteiger partial charge is 0.422 e. The molecule has 0 fully saturated rings. The van der Waals surface area contributed by atoms with Crippen LogP contribution in [0, 0.1) is 0 Å². The van der Waals surface area contributed by atoms with Crippen molar-refractivity contribution in [1.82, 2.24) is 0 Å². The molecule has 0 N–H and O–H groups in total. The van der Waals surface area contributed by atoms with Crippen LogP contribution >= 0.6 is 15.9 Å². The summed E-state index contributed by atoms with van der Waals surface area (Å²) in [6.07, 6.45) is -4.02. The number of alkyl halides is 2. The number of anilines is 1. The number of rotatable bonds is 3. The van der Waals surface area contributed by atoms with Crippen LogP contribution in [-0.4, -0.2) is 17.8 Å². The summed E-state index contributed by atoms with van der Waals surface area (Å²) < 4.78 is 33.4. The van der Waals surface area contributed by atoms with Gasteiger partial charge in [-0.1, -0.05) is 34.1 Å². The highest BCUT2D eigenvalue weighted by molar-refractivity contribution is 9.10. The Balaban J connectivity index is 2.10. The summed E-state index contributed by atoms with van der Waals surface area (Å²) in [4.78, 5) is 24.8. The molecule has 0 saturated carbocycles. The Morgan fingerprint density at radius 1 is 1.25 bits per heavy atom. The van der Waals surface area contributed by atoms with Crippen LogP contribution in [0.4, 0.5) is 14.5 Å². The van der Waals surface area contributed by atoms with Crippen molar-refractivity contribution in [3.63, 3.8) is 0 Å². The highest BCUT2D eigenvalue weighted by Crippen LogP contribution is 2.42. The molecule has 24 heavy (non-hydrogen) atoms. The zero-order valence-corrected chi connectivity index (χ0v) is 14.1. The van der Waals surface area contributed by atoms with Gasteiger partial charge in [-0.3, -0.25) is 14.5 Å². The van der Waals surface area contributed by atoms with Crippen molar-refractivity contribution in [2.24, 2.45) is 0 Å². The summed E-state index contributed by atoms with van der Waals surface area (Å²) in [6, 6.07) is 11.4. The van der Waals surface area contributed by atoms with Gasteiger partial charge in [0.2, 0.25) is 0 Å². The average molecular weight is 396 g/mol. The third kappa shape index (κ3) is 2.91. The second-order valence-electron chi connectivity index (χ2n) is 5.35. The van der Waals surface area contributed by atoms with Crippen LogP contribution in [0.2, 0.25) is 0 Å². The number of ketones is 1. The van der Waals surface area contributed by atoms with Gasteiger partial charge in [-0.2, -0.15) is 8.78 Å². The number of nitrogens with zero attached hydrogens (tertiary/aromatic N) is 1. The van der Waals surface area contributed by atoms with Gasteiger partial charge in [0, 0.05) is 4.47 Å². The number of hydrogen-bond acceptors (Lipinski definition) is 3. The van der Waals surface area contributed by atoms with E-state index in [2.05, 4.69) is 20.7 Å². The molecule has 1 aliphatic rings. The van der Waals surface area contributed by atoms with Crippen molar-refractivity contribution < 1.29 is 23.1 Å². The third-order valence-corrected chi connectivity index (χ3v) is 4.11. The molecule has 1 aliphatic heterocycles. The molecule has 4 nitrogen and oxygen atoms in total. The van der Waals surface area contributed by atoms with E-state index in [0.29, 0.717) is 5.56 Å². The van der Waals surface area contributed by atoms with Crippen molar-refractivity contribution >= 4 is 33.3 Å². The van der Waals surface area contributed by atoms with E-state index < -0.39 is 17.8 Å². The SMILES string of the molecule is CC(=O)c1cccc2c1OC(F)(F)C(=O)N2Cc1cccc(Br)c1. The summed E-state index contributed by atoms with van der Waals surface area (Å²) in [6.45, 7) is 1.19. The predicted octanol–water partition coefficient (Wildman–Crippen LogP) is 4.17. The van der Waals surface area contributed by atoms with E-state index in [1.807, 2.05) is 0 Å². The van der Waals surface area contributed by atoms with Crippen molar-refractivity contribution in [1.29, 1.82) is 0 Å². The van der Waals surface area contributed by atoms with Gasteiger partial charge in [0.25, 0.3) is 0 Å². The molecule has 0 atom stereocenters. The van der Waals surface area contributed by atoms with Gasteiger partial charge in [0.15, 0.2) is 11.5 Å². The second kappa shape index (κ2) is 5.98. The normalized spacial score (nSPS) is 15.7. The Bertz CT molecular complexity index is 838. The van der Waals surface area contributed by atoms with Crippen LogP contribution in [0.5, 0.6) is 5.75 Å². The lowest BCUT2D eigenvalue weighted by Gasteiger charge is -2.34. The maximum atomic E-state index is 14.0. The van der Waals surface area contributed by atoms with Crippen LogP contribution in [0.25, 0.3) is 0 Å². The molecular weight excluding hydrogens is 384 g/mol. The van der Waals surface area contributed by atoms with Gasteiger partial charge >= 0.3 is 12.0 Å². The fraction of sp³-hybridized carbons (Fsp3) is 0.176. The van der Waals surface area contributed by atoms with E-state index in [-0.39, 0.29) is 23.5 Å². The Morgan fingerprint density at radius 2 is 1.96 bits per heavy atom. The Hall–Kier alpha value is -2.28. The zero-order valence-electron chi connectivity index (χ0n) is 12.6. The van der Waals surface area contributed by atoms with Crippen molar-refractivity contribution in [2.45, 2.75) is 19.6 Å². The van der Waals surface area contributed by atoms with E-state index in [4.69, 9.17) is 0 Å². The number of carbonyl (C=O) groups excluding carboxylic acids is 2. The number of benzene rings is 2. The molecule has 1 heterocycles. The molecule has 2 aromatic rings. The fourth-order valence-electron chi connectivity index (χ4n) is 2.54. The van der Waals surface area contributed by atoms with E-state index in [1.54, 1.807) is 24.3 Å². The fourth-order valence-corrected chi connectivity index (χ4v) is 2.98. The van der Waals surface area contributed by atoms with Gasteiger partial charge in [0.05, 0.1) is 17.8 Å². The number of fused-ring (bicyclic) bond motifs is 1. The second-order valence-corrected chi connectivity index (χ2v) is 6.27. The molecule has 7 heteroatoms. The molecule has 2 aromatic carbocycles. The lowest BCUT2D eigenvalue weighted by molar-refractivity contribution is -0.193. The van der Waals surface area contributed by atoms with Crippen LogP contribution in [0.1, 0.15) is 22.8 Å². The van der Waals surface area contributed by atoms with E-state index in [1.165, 1.54) is 25.1 Å². The summed E-state index contributed by atoms with van der Waals surface area (Å²) in [7, 11) is 0. The van der Waals surface area contributed by atoms with Gasteiger partial charge < -0.3 is 4.74 Å². The Labute approximate surface area is 145 Å². The topological polar surface area (TPSA) is 46.6 Å². The maximum Gasteiger partial charge on any atom is 0.483 e. The largest absolute Gasteiger partial charge is 0.483 e.